The van der Waals surface area contributed by atoms with E-state index in [0.29, 0.717) is 37.1 Å². The van der Waals surface area contributed by atoms with Gasteiger partial charge in [0.1, 0.15) is 11.6 Å². The number of aromatic nitrogens is 2. The predicted octanol–water partition coefficient (Wildman–Crippen LogP) is 5.92. The molecule has 3 aromatic carbocycles. The summed E-state index contributed by atoms with van der Waals surface area (Å²) in [5.74, 6) is -4.06. The van der Waals surface area contributed by atoms with Crippen LogP contribution < -0.4 is 20.7 Å². The Morgan fingerprint density at radius 1 is 0.942 bits per heavy atom. The molecule has 0 bridgehead atoms. The first-order valence-electron chi connectivity index (χ1n) is 16.5. The molecule has 13 nitrogen and oxygen atoms in total. The van der Waals surface area contributed by atoms with Gasteiger partial charge >= 0.3 is 11.9 Å². The molecule has 4 aromatic rings. The van der Waals surface area contributed by atoms with E-state index in [1.807, 2.05) is 4.90 Å². The maximum atomic E-state index is 15.4. The molecule has 1 fully saturated rings. The molecule has 5 N–H and O–H groups in total. The van der Waals surface area contributed by atoms with Crippen molar-refractivity contribution in [3.63, 3.8) is 0 Å². The zero-order valence-electron chi connectivity index (χ0n) is 27.9. The van der Waals surface area contributed by atoms with E-state index in [1.165, 1.54) is 13.2 Å². The van der Waals surface area contributed by atoms with Gasteiger partial charge in [-0.25, -0.2) is 4.39 Å². The van der Waals surface area contributed by atoms with Crippen LogP contribution in [0, 0.1) is 11.7 Å². The summed E-state index contributed by atoms with van der Waals surface area (Å²) in [5, 5.41) is 31.6. The van der Waals surface area contributed by atoms with E-state index in [1.54, 1.807) is 47.1 Å². The van der Waals surface area contributed by atoms with Gasteiger partial charge in [0.15, 0.2) is 5.69 Å². The highest BCUT2D eigenvalue weighted by molar-refractivity contribution is 6.40. The number of fused-ring (bicyclic) bond motifs is 1. The number of rotatable bonds is 12. The fraction of sp³-hybridized carbons (Fsp3) is 0.306. The Labute approximate surface area is 307 Å². The molecule has 52 heavy (non-hydrogen) atoms. The van der Waals surface area contributed by atoms with Gasteiger partial charge in [-0.2, -0.15) is 5.10 Å². The number of carbonyl (C=O) groups excluding carboxylic acids is 2. The Balaban J connectivity index is 1.18. The van der Waals surface area contributed by atoms with E-state index >= 15 is 4.39 Å². The molecule has 1 aromatic heterocycles. The van der Waals surface area contributed by atoms with Crippen LogP contribution in [0.3, 0.4) is 0 Å². The third-order valence-electron chi connectivity index (χ3n) is 9.19. The van der Waals surface area contributed by atoms with Crippen LogP contribution in [-0.4, -0.2) is 75.4 Å². The van der Waals surface area contributed by atoms with Gasteiger partial charge < -0.3 is 25.6 Å². The molecule has 0 aliphatic carbocycles. The van der Waals surface area contributed by atoms with E-state index in [4.69, 9.17) is 33.0 Å². The number of carboxylic acid groups (broad SMARTS) is 2. The molecule has 16 heteroatoms. The fourth-order valence-corrected chi connectivity index (χ4v) is 7.10. The number of aryl methyl sites for hydroxylation is 1. The van der Waals surface area contributed by atoms with Gasteiger partial charge in [-0.3, -0.25) is 34.1 Å². The Morgan fingerprint density at radius 3 is 2.23 bits per heavy atom. The second-order valence-corrected chi connectivity index (χ2v) is 13.3. The molecule has 2 aliphatic heterocycles. The van der Waals surface area contributed by atoms with Crippen LogP contribution in [0.4, 0.5) is 15.8 Å². The van der Waals surface area contributed by atoms with Crippen molar-refractivity contribution in [2.24, 2.45) is 5.92 Å². The van der Waals surface area contributed by atoms with E-state index < -0.39 is 35.5 Å². The molecule has 3 heterocycles. The van der Waals surface area contributed by atoms with Gasteiger partial charge in [0, 0.05) is 47.9 Å². The number of carboxylic acids is 2. The van der Waals surface area contributed by atoms with Gasteiger partial charge in [0.05, 0.1) is 46.7 Å². The smallest absolute Gasteiger partial charge is 0.317 e. The Kier molecular flexibility index (Phi) is 11.1. The normalized spacial score (nSPS) is 17.0. The van der Waals surface area contributed by atoms with E-state index in [2.05, 4.69) is 21.0 Å². The summed E-state index contributed by atoms with van der Waals surface area (Å²) in [6.45, 7) is 1.30. The number of aliphatic carboxylic acids is 2. The third-order valence-corrected chi connectivity index (χ3v) is 10.0. The minimum Gasteiger partial charge on any atom is -0.496 e. The van der Waals surface area contributed by atoms with Gasteiger partial charge in [0.2, 0.25) is 0 Å². The first-order valence-corrected chi connectivity index (χ1v) is 17.2. The monoisotopic (exact) mass is 752 g/mol. The Bertz CT molecular complexity index is 2060. The summed E-state index contributed by atoms with van der Waals surface area (Å²) >= 11 is 13.6. The van der Waals surface area contributed by atoms with Crippen LogP contribution in [0.2, 0.25) is 10.0 Å². The number of hydrogen-bond donors (Lipinski definition) is 5. The molecule has 1 saturated heterocycles. The van der Waals surface area contributed by atoms with Crippen molar-refractivity contribution >= 4 is 58.3 Å². The molecule has 0 radical (unpaired) electrons. The van der Waals surface area contributed by atoms with Crippen molar-refractivity contribution in [3.8, 4) is 16.9 Å². The number of amides is 2. The maximum absolute atomic E-state index is 15.4. The lowest BCUT2D eigenvalue weighted by Gasteiger charge is -2.23. The van der Waals surface area contributed by atoms with Crippen LogP contribution in [0.25, 0.3) is 11.1 Å². The number of hydrogen-bond acceptors (Lipinski definition) is 8. The van der Waals surface area contributed by atoms with E-state index in [-0.39, 0.29) is 69.7 Å². The number of methoxy groups -OCH3 is 1. The number of nitrogens with zero attached hydrogens (tertiary/aromatic N) is 3. The number of ether oxygens (including phenoxy) is 1. The zero-order chi connectivity index (χ0) is 37.1. The van der Waals surface area contributed by atoms with Crippen molar-refractivity contribution < 1.29 is 38.5 Å². The van der Waals surface area contributed by atoms with Crippen molar-refractivity contribution in [1.29, 1.82) is 0 Å². The Morgan fingerprint density at radius 2 is 1.62 bits per heavy atom. The second kappa shape index (κ2) is 15.7. The zero-order valence-corrected chi connectivity index (χ0v) is 29.4. The molecular weight excluding hydrogens is 718 g/mol. The topological polar surface area (TPSA) is 175 Å². The van der Waals surface area contributed by atoms with Crippen molar-refractivity contribution in [2.75, 3.05) is 37.4 Å². The first kappa shape index (κ1) is 36.8. The first-order chi connectivity index (χ1) is 24.9. The largest absolute Gasteiger partial charge is 0.496 e. The number of carbonyl (C=O) groups is 4. The van der Waals surface area contributed by atoms with Crippen LogP contribution in [0.5, 0.6) is 5.75 Å². The number of likely N-dealkylation sites (tertiary alicyclic amines) is 1. The third kappa shape index (κ3) is 7.89. The van der Waals surface area contributed by atoms with Crippen LogP contribution in [-0.2, 0) is 22.7 Å². The predicted molar refractivity (Wildman–Crippen MR) is 192 cm³/mol. The summed E-state index contributed by atoms with van der Waals surface area (Å²) in [4.78, 5) is 50.9. The number of anilines is 2. The highest BCUT2D eigenvalue weighted by Gasteiger charge is 2.30. The lowest BCUT2D eigenvalue weighted by molar-refractivity contribution is -0.141. The molecule has 1 unspecified atom stereocenters. The standard InChI is InChI=1S/C36H35Cl2FN6O7/c1-52-30-14-20(13-24(39)23(30)18-44-12-10-19(17-44)36(50)51)34(48)41-26-7-2-5-21(32(26)37)22-6-3-8-27(33(22)38)42-35(49)28-15-29-25(40-16-31(46)47)9-4-11-45(29)43-28/h2-3,5-8,13-15,19,25,40H,4,9-12,16-18H2,1H3,(H,41,48)(H,42,49)(H,46,47)(H,50,51)/t19-,25?/m1/s1. The van der Waals surface area contributed by atoms with E-state index in [9.17, 15) is 24.3 Å². The van der Waals surface area contributed by atoms with Gasteiger partial charge in [-0.15, -0.1) is 0 Å². The lowest BCUT2D eigenvalue weighted by Crippen LogP contribution is -2.31. The minimum absolute atomic E-state index is 0.0166. The SMILES string of the molecule is COc1cc(C(=O)Nc2cccc(-c3cccc(NC(=O)c4cc5n(n4)CCCC5NCC(=O)O)c3Cl)c2Cl)cc(F)c1CN1CC[C@@H](C(=O)O)C1. The molecule has 0 saturated carbocycles. The van der Waals surface area contributed by atoms with Crippen molar-refractivity contribution in [1.82, 2.24) is 20.0 Å². The van der Waals surface area contributed by atoms with Crippen molar-refractivity contribution in [3.05, 3.63) is 93.0 Å². The van der Waals surface area contributed by atoms with E-state index in [0.717, 1.165) is 18.2 Å². The van der Waals surface area contributed by atoms with Crippen LogP contribution in [0.15, 0.2) is 54.6 Å². The molecule has 2 amide bonds. The molecule has 2 atom stereocenters. The van der Waals surface area contributed by atoms with Crippen molar-refractivity contribution in [2.45, 2.75) is 38.4 Å². The van der Waals surface area contributed by atoms with Crippen LogP contribution >= 0.6 is 23.2 Å². The molecule has 6 rings (SSSR count). The Hall–Kier alpha value is -5.02. The summed E-state index contributed by atoms with van der Waals surface area (Å²) in [6, 6.07) is 13.8. The molecular formula is C36H35Cl2FN6O7. The lowest BCUT2D eigenvalue weighted by atomic mass is 10.0. The van der Waals surface area contributed by atoms with Gasteiger partial charge in [0.25, 0.3) is 11.8 Å². The summed E-state index contributed by atoms with van der Waals surface area (Å²) < 4.78 is 22.5. The fourth-order valence-electron chi connectivity index (χ4n) is 6.55. The molecule has 272 valence electrons. The van der Waals surface area contributed by atoms with Crippen LogP contribution in [0.1, 0.15) is 57.4 Å². The number of halogens is 3. The number of benzene rings is 3. The summed E-state index contributed by atoms with van der Waals surface area (Å²) in [6.07, 6.45) is 1.95. The average Bonchev–Trinajstić information content (AvgIpc) is 3.78. The minimum atomic E-state index is -0.980. The highest BCUT2D eigenvalue weighted by Crippen LogP contribution is 2.40. The summed E-state index contributed by atoms with van der Waals surface area (Å²) in [7, 11) is 1.37. The second-order valence-electron chi connectivity index (χ2n) is 12.6. The average molecular weight is 754 g/mol. The molecule has 2 aliphatic rings. The number of nitrogens with one attached hydrogen (secondary N) is 3. The maximum Gasteiger partial charge on any atom is 0.317 e. The van der Waals surface area contributed by atoms with Gasteiger partial charge in [-0.1, -0.05) is 47.5 Å². The van der Waals surface area contributed by atoms with Gasteiger partial charge in [-0.05, 0) is 56.1 Å². The highest BCUT2D eigenvalue weighted by atomic mass is 35.5. The summed E-state index contributed by atoms with van der Waals surface area (Å²) in [5.41, 5.74) is 2.50. The molecule has 0 spiro atoms. The quantitative estimate of drug-likeness (QED) is 0.117.